The molecule has 1 saturated heterocycles. The molecule has 4 rings (SSSR count). The van der Waals surface area contributed by atoms with Gasteiger partial charge in [-0.2, -0.15) is 0 Å². The van der Waals surface area contributed by atoms with Crippen LogP contribution < -0.4 is 10.6 Å². The largest absolute Gasteiger partial charge is 0.325 e. The summed E-state index contributed by atoms with van der Waals surface area (Å²) in [5.41, 5.74) is 2.45. The van der Waals surface area contributed by atoms with Gasteiger partial charge < -0.3 is 10.6 Å². The summed E-state index contributed by atoms with van der Waals surface area (Å²) in [4.78, 5) is 20.3. The van der Waals surface area contributed by atoms with E-state index in [2.05, 4.69) is 20.6 Å². The standard InChI is InChI=1S/C17H17FN4O.ClH/c1-9-2-3-12(6-13(9)16-19-7-11(18)8-20-16)21-17(23)15-5-10-4-14(10)22-15;/h2-3,6-8,10,14-15,22H,4-5H2,1H3,(H,21,23);1H/t10-,14-,15-;/m1./s1. The second-order valence-electron chi connectivity index (χ2n) is 6.30. The van der Waals surface area contributed by atoms with Crippen LogP contribution in [0.5, 0.6) is 0 Å². The average molecular weight is 349 g/mol. The van der Waals surface area contributed by atoms with Crippen molar-refractivity contribution in [1.29, 1.82) is 0 Å². The van der Waals surface area contributed by atoms with E-state index in [4.69, 9.17) is 0 Å². The highest BCUT2D eigenvalue weighted by atomic mass is 35.5. The second kappa shape index (κ2) is 6.45. The lowest BCUT2D eigenvalue weighted by Crippen LogP contribution is -2.37. The van der Waals surface area contributed by atoms with Gasteiger partial charge in [0.25, 0.3) is 0 Å². The lowest BCUT2D eigenvalue weighted by atomic mass is 10.1. The lowest BCUT2D eigenvalue weighted by molar-refractivity contribution is -0.118. The minimum Gasteiger partial charge on any atom is -0.325 e. The number of nitrogens with one attached hydrogen (secondary N) is 2. The fourth-order valence-electron chi connectivity index (χ4n) is 3.15. The molecule has 2 fully saturated rings. The number of carbonyl (C=O) groups is 1. The van der Waals surface area contributed by atoms with Crippen LogP contribution in [0.1, 0.15) is 18.4 Å². The first kappa shape index (κ1) is 16.8. The summed E-state index contributed by atoms with van der Waals surface area (Å²) >= 11 is 0. The maximum absolute atomic E-state index is 13.0. The minimum absolute atomic E-state index is 0. The third kappa shape index (κ3) is 3.25. The fraction of sp³-hybridized carbons (Fsp3) is 0.353. The quantitative estimate of drug-likeness (QED) is 0.895. The Kier molecular flexibility index (Phi) is 4.51. The summed E-state index contributed by atoms with van der Waals surface area (Å²) in [7, 11) is 0. The first-order chi connectivity index (χ1) is 11.1. The smallest absolute Gasteiger partial charge is 0.241 e. The zero-order chi connectivity index (χ0) is 16.0. The molecule has 126 valence electrons. The summed E-state index contributed by atoms with van der Waals surface area (Å²) in [5.74, 6) is 0.640. The Hall–Kier alpha value is -2.05. The van der Waals surface area contributed by atoms with Crippen LogP contribution in [-0.2, 0) is 4.79 Å². The Bertz CT molecular complexity index is 758. The molecule has 24 heavy (non-hydrogen) atoms. The number of anilines is 1. The van der Waals surface area contributed by atoms with Gasteiger partial charge >= 0.3 is 0 Å². The van der Waals surface area contributed by atoms with E-state index < -0.39 is 5.82 Å². The van der Waals surface area contributed by atoms with Crippen molar-refractivity contribution in [2.75, 3.05) is 5.32 Å². The van der Waals surface area contributed by atoms with E-state index in [0.717, 1.165) is 29.9 Å². The molecule has 0 unspecified atom stereocenters. The van der Waals surface area contributed by atoms with Crippen LogP contribution in [0.3, 0.4) is 0 Å². The average Bonchev–Trinajstić information content (AvgIpc) is 3.16. The molecule has 2 aromatic rings. The van der Waals surface area contributed by atoms with Gasteiger partial charge in [0.05, 0.1) is 18.4 Å². The Morgan fingerprint density at radius 1 is 1.29 bits per heavy atom. The van der Waals surface area contributed by atoms with Gasteiger partial charge in [-0.15, -0.1) is 12.4 Å². The van der Waals surface area contributed by atoms with E-state index in [1.54, 1.807) is 0 Å². The van der Waals surface area contributed by atoms with E-state index in [9.17, 15) is 9.18 Å². The lowest BCUT2D eigenvalue weighted by Gasteiger charge is -2.14. The Balaban J connectivity index is 0.00000169. The molecule has 0 radical (unpaired) electrons. The second-order valence-corrected chi connectivity index (χ2v) is 6.30. The molecule has 1 aliphatic heterocycles. The number of amides is 1. The van der Waals surface area contributed by atoms with Gasteiger partial charge in [-0.05, 0) is 43.4 Å². The van der Waals surface area contributed by atoms with E-state index in [1.165, 1.54) is 6.42 Å². The van der Waals surface area contributed by atoms with Crippen molar-refractivity contribution in [2.45, 2.75) is 31.8 Å². The monoisotopic (exact) mass is 348 g/mol. The van der Waals surface area contributed by atoms with Crippen molar-refractivity contribution in [3.8, 4) is 11.4 Å². The van der Waals surface area contributed by atoms with Crippen molar-refractivity contribution in [1.82, 2.24) is 15.3 Å². The molecular weight excluding hydrogens is 331 g/mol. The van der Waals surface area contributed by atoms with Crippen molar-refractivity contribution in [3.05, 3.63) is 42.0 Å². The SMILES string of the molecule is Cc1ccc(NC(=O)[C@H]2C[C@H]3C[C@H]3N2)cc1-c1ncc(F)cn1.Cl. The molecule has 1 aliphatic carbocycles. The maximum atomic E-state index is 13.0. The predicted molar refractivity (Wildman–Crippen MR) is 91.5 cm³/mol. The third-order valence-electron chi connectivity index (χ3n) is 4.56. The summed E-state index contributed by atoms with van der Waals surface area (Å²) in [6.45, 7) is 1.93. The molecule has 7 heteroatoms. The summed E-state index contributed by atoms with van der Waals surface area (Å²) in [6.07, 6.45) is 4.39. The van der Waals surface area contributed by atoms with Crippen LogP contribution >= 0.6 is 12.4 Å². The van der Waals surface area contributed by atoms with Crippen LogP contribution in [0.25, 0.3) is 11.4 Å². The van der Waals surface area contributed by atoms with E-state index in [-0.39, 0.29) is 24.4 Å². The molecule has 0 spiro atoms. The first-order valence-electron chi connectivity index (χ1n) is 7.75. The Labute approximate surface area is 145 Å². The number of nitrogens with zero attached hydrogens (tertiary/aromatic N) is 2. The molecule has 1 amide bonds. The number of hydrogen-bond donors (Lipinski definition) is 2. The number of halogens is 2. The summed E-state index contributed by atoms with van der Waals surface area (Å²) in [6, 6.07) is 6.01. The van der Waals surface area contributed by atoms with E-state index in [1.807, 2.05) is 25.1 Å². The Morgan fingerprint density at radius 3 is 2.71 bits per heavy atom. The topological polar surface area (TPSA) is 66.9 Å². The maximum Gasteiger partial charge on any atom is 0.241 e. The first-order valence-corrected chi connectivity index (χ1v) is 7.75. The van der Waals surface area contributed by atoms with Gasteiger partial charge in [-0.1, -0.05) is 6.07 Å². The minimum atomic E-state index is -0.471. The van der Waals surface area contributed by atoms with Crippen molar-refractivity contribution >= 4 is 24.0 Å². The highest BCUT2D eigenvalue weighted by molar-refractivity contribution is 5.95. The number of carbonyl (C=O) groups excluding carboxylic acids is 1. The summed E-state index contributed by atoms with van der Waals surface area (Å²) < 4.78 is 13.0. The van der Waals surface area contributed by atoms with Crippen LogP contribution in [-0.4, -0.2) is 28.0 Å². The molecule has 1 aromatic heterocycles. The summed E-state index contributed by atoms with van der Waals surface area (Å²) in [5, 5.41) is 6.28. The van der Waals surface area contributed by atoms with Gasteiger partial charge in [-0.3, -0.25) is 4.79 Å². The number of rotatable bonds is 3. The number of hydrogen-bond acceptors (Lipinski definition) is 4. The van der Waals surface area contributed by atoms with Gasteiger partial charge in [0.15, 0.2) is 11.6 Å². The third-order valence-corrected chi connectivity index (χ3v) is 4.56. The number of aryl methyl sites for hydroxylation is 1. The van der Waals surface area contributed by atoms with Gasteiger partial charge in [0, 0.05) is 17.3 Å². The van der Waals surface area contributed by atoms with Crippen LogP contribution in [0.4, 0.5) is 10.1 Å². The normalized spacial score (nSPS) is 24.0. The number of piperidine rings is 1. The van der Waals surface area contributed by atoms with E-state index in [0.29, 0.717) is 23.5 Å². The number of fused-ring (bicyclic) bond motifs is 1. The Morgan fingerprint density at radius 2 is 2.04 bits per heavy atom. The molecule has 2 N–H and O–H groups in total. The number of aromatic nitrogens is 2. The number of benzene rings is 1. The highest BCUT2D eigenvalue weighted by Crippen LogP contribution is 2.40. The van der Waals surface area contributed by atoms with Crippen LogP contribution in [0.15, 0.2) is 30.6 Å². The van der Waals surface area contributed by atoms with Gasteiger partial charge in [0.1, 0.15) is 0 Å². The molecule has 2 heterocycles. The van der Waals surface area contributed by atoms with Crippen molar-refractivity contribution in [3.63, 3.8) is 0 Å². The molecule has 1 saturated carbocycles. The molecule has 2 aliphatic rings. The molecule has 5 nitrogen and oxygen atoms in total. The zero-order valence-electron chi connectivity index (χ0n) is 13.1. The van der Waals surface area contributed by atoms with Crippen molar-refractivity contribution in [2.24, 2.45) is 5.92 Å². The fourth-order valence-corrected chi connectivity index (χ4v) is 3.15. The van der Waals surface area contributed by atoms with Gasteiger partial charge in [0.2, 0.25) is 5.91 Å². The van der Waals surface area contributed by atoms with Gasteiger partial charge in [-0.25, -0.2) is 14.4 Å². The highest BCUT2D eigenvalue weighted by Gasteiger charge is 2.47. The molecular formula is C17H18ClFN4O. The predicted octanol–water partition coefficient (Wildman–Crippen LogP) is 2.70. The molecule has 3 atom stereocenters. The van der Waals surface area contributed by atoms with Crippen LogP contribution in [0, 0.1) is 18.7 Å². The molecule has 0 bridgehead atoms. The van der Waals surface area contributed by atoms with Crippen molar-refractivity contribution < 1.29 is 9.18 Å². The van der Waals surface area contributed by atoms with E-state index >= 15 is 0 Å². The molecule has 1 aromatic carbocycles. The zero-order valence-corrected chi connectivity index (χ0v) is 13.9. The van der Waals surface area contributed by atoms with Crippen LogP contribution in [0.2, 0.25) is 0 Å².